The SMILES string of the molecule is CC(=O)c1cc2c(cc1NC(=O)CN1C(=O)N[C@]3(CCCC[C@H]3C)C1=O)OCO2. The van der Waals surface area contributed by atoms with Crippen LogP contribution in [0.15, 0.2) is 12.1 Å². The van der Waals surface area contributed by atoms with Crippen LogP contribution in [0.2, 0.25) is 0 Å². The molecule has 9 nitrogen and oxygen atoms in total. The number of carbonyl (C=O) groups is 4. The summed E-state index contributed by atoms with van der Waals surface area (Å²) in [6.45, 7) is 2.93. The van der Waals surface area contributed by atoms with Crippen LogP contribution in [0.25, 0.3) is 0 Å². The van der Waals surface area contributed by atoms with E-state index in [9.17, 15) is 19.2 Å². The van der Waals surface area contributed by atoms with E-state index in [4.69, 9.17) is 9.47 Å². The van der Waals surface area contributed by atoms with Crippen molar-refractivity contribution >= 4 is 29.3 Å². The summed E-state index contributed by atoms with van der Waals surface area (Å²) in [5.74, 6) is -0.342. The van der Waals surface area contributed by atoms with Crippen LogP contribution in [0.5, 0.6) is 11.5 Å². The Morgan fingerprint density at radius 1 is 1.24 bits per heavy atom. The van der Waals surface area contributed by atoms with Crippen molar-refractivity contribution < 1.29 is 28.7 Å². The molecule has 1 spiro atoms. The normalized spacial score (nSPS) is 25.3. The quantitative estimate of drug-likeness (QED) is 0.590. The molecule has 2 aliphatic heterocycles. The van der Waals surface area contributed by atoms with Crippen LogP contribution in [-0.2, 0) is 9.59 Å². The van der Waals surface area contributed by atoms with E-state index in [2.05, 4.69) is 10.6 Å². The van der Waals surface area contributed by atoms with Crippen molar-refractivity contribution in [3.63, 3.8) is 0 Å². The molecule has 2 atom stereocenters. The lowest BCUT2D eigenvalue weighted by atomic mass is 9.73. The van der Waals surface area contributed by atoms with Crippen molar-refractivity contribution in [2.75, 3.05) is 18.7 Å². The van der Waals surface area contributed by atoms with Gasteiger partial charge in [0.05, 0.1) is 5.69 Å². The van der Waals surface area contributed by atoms with Gasteiger partial charge in [-0.3, -0.25) is 19.3 Å². The molecular formula is C20H23N3O6. The number of urea groups is 1. The van der Waals surface area contributed by atoms with Crippen LogP contribution in [0, 0.1) is 5.92 Å². The Bertz CT molecular complexity index is 914. The van der Waals surface area contributed by atoms with Gasteiger partial charge >= 0.3 is 6.03 Å². The average molecular weight is 401 g/mol. The van der Waals surface area contributed by atoms with Crippen molar-refractivity contribution in [1.82, 2.24) is 10.2 Å². The van der Waals surface area contributed by atoms with Crippen molar-refractivity contribution in [3.8, 4) is 11.5 Å². The zero-order valence-electron chi connectivity index (χ0n) is 16.4. The number of imide groups is 1. The molecule has 4 amide bonds. The van der Waals surface area contributed by atoms with Crippen molar-refractivity contribution in [2.24, 2.45) is 5.92 Å². The lowest BCUT2D eigenvalue weighted by Crippen LogP contribution is -2.54. The number of ketones is 1. The van der Waals surface area contributed by atoms with Crippen LogP contribution in [0.1, 0.15) is 49.9 Å². The molecule has 29 heavy (non-hydrogen) atoms. The summed E-state index contributed by atoms with van der Waals surface area (Å²) in [6.07, 6.45) is 3.30. The third kappa shape index (κ3) is 3.20. The number of rotatable bonds is 4. The van der Waals surface area contributed by atoms with Crippen LogP contribution >= 0.6 is 0 Å². The Balaban J connectivity index is 1.51. The second-order valence-corrected chi connectivity index (χ2v) is 7.80. The molecule has 0 aromatic heterocycles. The number of Topliss-reactive ketones (excluding diaryl/α,β-unsaturated/α-hetero) is 1. The highest BCUT2D eigenvalue weighted by atomic mass is 16.7. The number of ether oxygens (including phenoxy) is 2. The van der Waals surface area contributed by atoms with E-state index < -0.39 is 24.0 Å². The van der Waals surface area contributed by atoms with E-state index in [1.54, 1.807) is 0 Å². The van der Waals surface area contributed by atoms with Gasteiger partial charge in [0.25, 0.3) is 5.91 Å². The summed E-state index contributed by atoms with van der Waals surface area (Å²) in [6, 6.07) is 2.46. The fourth-order valence-corrected chi connectivity index (χ4v) is 4.31. The van der Waals surface area contributed by atoms with Crippen molar-refractivity contribution in [2.45, 2.75) is 45.1 Å². The molecular weight excluding hydrogens is 378 g/mol. The van der Waals surface area contributed by atoms with E-state index in [0.29, 0.717) is 17.9 Å². The minimum Gasteiger partial charge on any atom is -0.454 e. The summed E-state index contributed by atoms with van der Waals surface area (Å²) < 4.78 is 10.6. The highest BCUT2D eigenvalue weighted by Gasteiger charge is 2.55. The minimum absolute atomic E-state index is 0.0129. The number of nitrogens with one attached hydrogen (secondary N) is 2. The largest absolute Gasteiger partial charge is 0.454 e. The second kappa shape index (κ2) is 7.06. The van der Waals surface area contributed by atoms with Crippen LogP contribution in [-0.4, -0.2) is 47.4 Å². The van der Waals surface area contributed by atoms with Gasteiger partial charge in [0.1, 0.15) is 12.1 Å². The first-order valence-corrected chi connectivity index (χ1v) is 9.70. The van der Waals surface area contributed by atoms with Crippen LogP contribution in [0.3, 0.4) is 0 Å². The van der Waals surface area contributed by atoms with Gasteiger partial charge in [-0.05, 0) is 31.7 Å². The fraction of sp³-hybridized carbons (Fsp3) is 0.500. The summed E-state index contributed by atoms with van der Waals surface area (Å²) in [4.78, 5) is 51.0. The number of anilines is 1. The summed E-state index contributed by atoms with van der Waals surface area (Å²) in [7, 11) is 0. The molecule has 1 saturated carbocycles. The molecule has 1 aromatic carbocycles. The van der Waals surface area contributed by atoms with E-state index in [1.807, 2.05) is 6.92 Å². The Labute approximate surface area is 167 Å². The molecule has 2 heterocycles. The maximum Gasteiger partial charge on any atom is 0.325 e. The third-order valence-electron chi connectivity index (χ3n) is 5.97. The molecule has 9 heteroatoms. The summed E-state index contributed by atoms with van der Waals surface area (Å²) >= 11 is 0. The zero-order valence-corrected chi connectivity index (χ0v) is 16.4. The number of hydrogen-bond acceptors (Lipinski definition) is 6. The Morgan fingerprint density at radius 3 is 2.66 bits per heavy atom. The number of amides is 4. The van der Waals surface area contributed by atoms with Gasteiger partial charge in [0.15, 0.2) is 17.3 Å². The first-order chi connectivity index (χ1) is 13.8. The first kappa shape index (κ1) is 19.2. The maximum absolute atomic E-state index is 13.0. The van der Waals surface area contributed by atoms with Crippen LogP contribution < -0.4 is 20.1 Å². The van der Waals surface area contributed by atoms with Gasteiger partial charge < -0.3 is 20.1 Å². The molecule has 0 bridgehead atoms. The molecule has 1 saturated heterocycles. The van der Waals surface area contributed by atoms with Crippen molar-refractivity contribution in [1.29, 1.82) is 0 Å². The molecule has 2 fully saturated rings. The first-order valence-electron chi connectivity index (χ1n) is 9.70. The summed E-state index contributed by atoms with van der Waals surface area (Å²) in [5.41, 5.74) is -0.407. The molecule has 0 radical (unpaired) electrons. The van der Waals surface area contributed by atoms with Gasteiger partial charge in [-0.15, -0.1) is 0 Å². The molecule has 1 aliphatic carbocycles. The fourth-order valence-electron chi connectivity index (χ4n) is 4.31. The van der Waals surface area contributed by atoms with E-state index >= 15 is 0 Å². The predicted molar refractivity (Wildman–Crippen MR) is 102 cm³/mol. The maximum atomic E-state index is 13.0. The smallest absolute Gasteiger partial charge is 0.325 e. The molecule has 1 aromatic rings. The lowest BCUT2D eigenvalue weighted by molar-refractivity contribution is -0.136. The van der Waals surface area contributed by atoms with E-state index in [1.165, 1.54) is 19.1 Å². The standard InChI is InChI=1S/C20H23N3O6/c1-11-5-3-4-6-20(11)18(26)23(19(27)22-20)9-17(25)21-14-8-16-15(28-10-29-16)7-13(14)12(2)24/h7-8,11H,3-6,9-10H2,1-2H3,(H,21,25)(H,22,27)/t11-,20+/m1/s1. The van der Waals surface area contributed by atoms with Gasteiger partial charge in [-0.25, -0.2) is 4.79 Å². The number of nitrogens with zero attached hydrogens (tertiary/aromatic N) is 1. The van der Waals surface area contributed by atoms with Crippen molar-refractivity contribution in [3.05, 3.63) is 17.7 Å². The molecule has 4 rings (SSSR count). The van der Waals surface area contributed by atoms with Gasteiger partial charge in [0, 0.05) is 11.6 Å². The highest BCUT2D eigenvalue weighted by molar-refractivity contribution is 6.11. The molecule has 2 N–H and O–H groups in total. The highest BCUT2D eigenvalue weighted by Crippen LogP contribution is 2.39. The minimum atomic E-state index is -0.918. The second-order valence-electron chi connectivity index (χ2n) is 7.80. The third-order valence-corrected chi connectivity index (χ3v) is 5.97. The lowest BCUT2D eigenvalue weighted by Gasteiger charge is -2.36. The van der Waals surface area contributed by atoms with Crippen LogP contribution in [0.4, 0.5) is 10.5 Å². The van der Waals surface area contributed by atoms with E-state index in [-0.39, 0.29) is 35.7 Å². The van der Waals surface area contributed by atoms with Gasteiger partial charge in [-0.1, -0.05) is 19.8 Å². The number of benzene rings is 1. The number of hydrogen-bond donors (Lipinski definition) is 2. The molecule has 154 valence electrons. The Morgan fingerprint density at radius 2 is 1.97 bits per heavy atom. The predicted octanol–water partition coefficient (Wildman–Crippen LogP) is 2.06. The zero-order chi connectivity index (χ0) is 20.8. The Hall–Kier alpha value is -3.10. The number of carbonyl (C=O) groups excluding carboxylic acids is 4. The Kier molecular flexibility index (Phi) is 4.68. The summed E-state index contributed by atoms with van der Waals surface area (Å²) in [5, 5.41) is 5.44. The molecule has 0 unspecified atom stereocenters. The van der Waals surface area contributed by atoms with E-state index in [0.717, 1.165) is 24.2 Å². The monoisotopic (exact) mass is 401 g/mol. The van der Waals surface area contributed by atoms with Gasteiger partial charge in [0.2, 0.25) is 12.7 Å². The number of fused-ring (bicyclic) bond motifs is 1. The molecule has 3 aliphatic rings. The topological polar surface area (TPSA) is 114 Å². The average Bonchev–Trinajstić information content (AvgIpc) is 3.22. The van der Waals surface area contributed by atoms with Gasteiger partial charge in [-0.2, -0.15) is 0 Å².